The molecule has 11 nitrogen and oxygen atoms in total. The number of amides is 2. The average Bonchev–Trinajstić information content (AvgIpc) is 3.73. The van der Waals surface area contributed by atoms with Gasteiger partial charge in [-0.1, -0.05) is 59.1 Å². The number of halogens is 2. The second-order valence-corrected chi connectivity index (χ2v) is 12.3. The Morgan fingerprint density at radius 1 is 0.929 bits per heavy atom. The third-order valence-electron chi connectivity index (χ3n) is 7.15. The Morgan fingerprint density at radius 2 is 1.57 bits per heavy atom. The molecule has 0 spiro atoms. The number of pyridine rings is 1. The van der Waals surface area contributed by atoms with Crippen LogP contribution in [0.3, 0.4) is 0 Å². The predicted octanol–water partition coefficient (Wildman–Crippen LogP) is 4.14. The minimum absolute atomic E-state index is 0.0171. The Hall–Kier alpha value is -3.95. The number of alkyl halides is 2. The first-order valence-electron chi connectivity index (χ1n) is 13.3. The zero-order valence-electron chi connectivity index (χ0n) is 22.1. The molecule has 3 atom stereocenters. The molecular formula is C27H26F2N8O3S2. The molecule has 0 radical (unpaired) electrons. The number of aliphatic hydroxyl groups is 1. The quantitative estimate of drug-likeness (QED) is 0.254. The van der Waals surface area contributed by atoms with Crippen LogP contribution >= 0.6 is 22.7 Å². The Kier molecular flexibility index (Phi) is 7.88. The Bertz CT molecular complexity index is 1580. The van der Waals surface area contributed by atoms with Crippen molar-refractivity contribution in [2.75, 3.05) is 28.6 Å². The highest BCUT2D eigenvalue weighted by molar-refractivity contribution is 7.15. The number of aliphatic hydroxyl groups excluding tert-OH is 1. The third kappa shape index (κ3) is 6.42. The highest BCUT2D eigenvalue weighted by atomic mass is 32.1. The minimum atomic E-state index is -2.70. The molecule has 15 heteroatoms. The smallest absolute Gasteiger partial charge is 0.282 e. The number of rotatable bonds is 9. The molecule has 1 saturated carbocycles. The molecule has 2 amide bonds. The summed E-state index contributed by atoms with van der Waals surface area (Å²) in [7, 11) is 0. The maximum absolute atomic E-state index is 13.2. The number of benzene rings is 1. The molecule has 3 N–H and O–H groups in total. The lowest BCUT2D eigenvalue weighted by atomic mass is 10.1. The lowest BCUT2D eigenvalue weighted by Crippen LogP contribution is -2.56. The van der Waals surface area contributed by atoms with Gasteiger partial charge in [0.1, 0.15) is 15.8 Å². The summed E-state index contributed by atoms with van der Waals surface area (Å²) in [5.41, 5.74) is 0.972. The number of aromatic nitrogens is 5. The summed E-state index contributed by atoms with van der Waals surface area (Å²) in [6.45, 7) is -0.748. The summed E-state index contributed by atoms with van der Waals surface area (Å²) in [6, 6.07) is 13.7. The van der Waals surface area contributed by atoms with Crippen LogP contribution in [-0.4, -0.2) is 61.3 Å². The van der Waals surface area contributed by atoms with E-state index in [1.165, 1.54) is 27.6 Å². The summed E-state index contributed by atoms with van der Waals surface area (Å²) >= 11 is 2.61. The van der Waals surface area contributed by atoms with E-state index in [4.69, 9.17) is 0 Å². The lowest BCUT2D eigenvalue weighted by Gasteiger charge is -2.39. The highest BCUT2D eigenvalue weighted by Crippen LogP contribution is 2.45. The SMILES string of the molecule is O=C(Cc1cccc(N2CC(F)(F)C2)n1)Nc1nnc(C2CC[C@H](c3nnc(NC(=O)[C@@H](O)c4ccccc4)s3)C2)s1. The van der Waals surface area contributed by atoms with Crippen molar-refractivity contribution < 1.29 is 23.5 Å². The highest BCUT2D eigenvalue weighted by Gasteiger charge is 2.44. The van der Waals surface area contributed by atoms with Crippen LogP contribution in [0.1, 0.15) is 58.5 Å². The molecular weight excluding hydrogens is 586 g/mol. The number of hydrogen-bond donors (Lipinski definition) is 3. The van der Waals surface area contributed by atoms with E-state index < -0.39 is 17.9 Å². The van der Waals surface area contributed by atoms with Gasteiger partial charge in [0, 0.05) is 11.8 Å². The van der Waals surface area contributed by atoms with Crippen molar-refractivity contribution in [3.8, 4) is 0 Å². The molecule has 2 fully saturated rings. The molecule has 1 unspecified atom stereocenters. The van der Waals surface area contributed by atoms with E-state index in [1.807, 2.05) is 6.07 Å². The van der Waals surface area contributed by atoms with Gasteiger partial charge in [-0.2, -0.15) is 0 Å². The number of anilines is 3. The summed E-state index contributed by atoms with van der Waals surface area (Å²) in [5.74, 6) is -2.87. The topological polar surface area (TPSA) is 146 Å². The minimum Gasteiger partial charge on any atom is -0.378 e. The third-order valence-corrected chi connectivity index (χ3v) is 9.16. The van der Waals surface area contributed by atoms with Crippen LogP contribution in [0.5, 0.6) is 0 Å². The summed E-state index contributed by atoms with van der Waals surface area (Å²) < 4.78 is 26.4. The van der Waals surface area contributed by atoms with E-state index in [1.54, 1.807) is 42.5 Å². The lowest BCUT2D eigenvalue weighted by molar-refractivity contribution is -0.124. The average molecular weight is 613 g/mol. The first kappa shape index (κ1) is 28.2. The Morgan fingerprint density at radius 3 is 2.21 bits per heavy atom. The van der Waals surface area contributed by atoms with Crippen LogP contribution < -0.4 is 15.5 Å². The van der Waals surface area contributed by atoms with E-state index in [-0.39, 0.29) is 37.3 Å². The van der Waals surface area contributed by atoms with Crippen LogP contribution in [0.4, 0.5) is 24.9 Å². The number of carbonyl (C=O) groups is 2. The Labute approximate surface area is 247 Å². The molecule has 4 heterocycles. The fourth-order valence-electron chi connectivity index (χ4n) is 5.03. The van der Waals surface area contributed by atoms with Gasteiger partial charge in [-0.25, -0.2) is 13.8 Å². The fourth-order valence-corrected chi connectivity index (χ4v) is 6.84. The van der Waals surface area contributed by atoms with Crippen LogP contribution in [-0.2, 0) is 16.0 Å². The number of carbonyl (C=O) groups excluding carboxylic acids is 2. The molecule has 42 heavy (non-hydrogen) atoms. The molecule has 6 rings (SSSR count). The second kappa shape index (κ2) is 11.7. The zero-order valence-corrected chi connectivity index (χ0v) is 23.7. The van der Waals surface area contributed by atoms with Crippen LogP contribution in [0.15, 0.2) is 48.5 Å². The zero-order chi connectivity index (χ0) is 29.3. The van der Waals surface area contributed by atoms with E-state index >= 15 is 0 Å². The summed E-state index contributed by atoms with van der Waals surface area (Å²) in [5, 5.41) is 34.8. The maximum Gasteiger partial charge on any atom is 0.282 e. The summed E-state index contributed by atoms with van der Waals surface area (Å²) in [6.07, 6.45) is 1.20. The van der Waals surface area contributed by atoms with Gasteiger partial charge in [-0.3, -0.25) is 14.9 Å². The van der Waals surface area contributed by atoms with Crippen molar-refractivity contribution in [3.63, 3.8) is 0 Å². The van der Waals surface area contributed by atoms with Gasteiger partial charge in [0.15, 0.2) is 6.10 Å². The number of nitrogens with one attached hydrogen (secondary N) is 2. The maximum atomic E-state index is 13.2. The standard InChI is InChI=1S/C27H26F2N8O3S2/c28-27(29)13-37(14-27)19-8-4-7-18(30-19)12-20(38)31-25-35-33-23(41-25)16-9-10-17(11-16)24-34-36-26(42-24)32-22(40)21(39)15-5-2-1-3-6-15/h1-8,16-17,21,39H,9-14H2,(H,31,35,38)(H,32,36,40)/t16?,17-,21-/m0/s1. The van der Waals surface area contributed by atoms with Crippen LogP contribution in [0.25, 0.3) is 0 Å². The van der Waals surface area contributed by atoms with Crippen molar-refractivity contribution >= 4 is 50.6 Å². The van der Waals surface area contributed by atoms with Gasteiger partial charge in [0.25, 0.3) is 11.8 Å². The van der Waals surface area contributed by atoms with Gasteiger partial charge in [-0.15, -0.1) is 20.4 Å². The first-order valence-corrected chi connectivity index (χ1v) is 14.9. The van der Waals surface area contributed by atoms with Crippen LogP contribution in [0, 0.1) is 0 Å². The normalized spacial score (nSPS) is 20.1. The van der Waals surface area contributed by atoms with Crippen molar-refractivity contribution in [1.82, 2.24) is 25.4 Å². The summed E-state index contributed by atoms with van der Waals surface area (Å²) in [4.78, 5) is 30.9. The van der Waals surface area contributed by atoms with Gasteiger partial charge < -0.3 is 15.3 Å². The monoisotopic (exact) mass is 612 g/mol. The molecule has 1 aliphatic heterocycles. The Balaban J connectivity index is 1.000. The van der Waals surface area contributed by atoms with Gasteiger partial charge in [0.2, 0.25) is 16.2 Å². The van der Waals surface area contributed by atoms with E-state index in [0.717, 1.165) is 29.3 Å². The second-order valence-electron chi connectivity index (χ2n) is 10.3. The van der Waals surface area contributed by atoms with Gasteiger partial charge in [-0.05, 0) is 37.0 Å². The molecule has 1 saturated heterocycles. The van der Waals surface area contributed by atoms with Gasteiger partial charge in [0.05, 0.1) is 25.2 Å². The van der Waals surface area contributed by atoms with Crippen molar-refractivity contribution in [2.45, 2.75) is 49.5 Å². The number of nitrogens with zero attached hydrogens (tertiary/aromatic N) is 6. The predicted molar refractivity (Wildman–Crippen MR) is 153 cm³/mol. The molecule has 1 aromatic carbocycles. The molecule has 3 aromatic heterocycles. The van der Waals surface area contributed by atoms with E-state index in [2.05, 4.69) is 36.0 Å². The number of hydrogen-bond acceptors (Lipinski definition) is 11. The van der Waals surface area contributed by atoms with E-state index in [0.29, 0.717) is 27.3 Å². The van der Waals surface area contributed by atoms with E-state index in [9.17, 15) is 23.5 Å². The van der Waals surface area contributed by atoms with Crippen molar-refractivity contribution in [3.05, 3.63) is 69.8 Å². The van der Waals surface area contributed by atoms with Crippen molar-refractivity contribution in [1.29, 1.82) is 0 Å². The largest absolute Gasteiger partial charge is 0.378 e. The molecule has 0 bridgehead atoms. The molecule has 4 aromatic rings. The molecule has 1 aliphatic carbocycles. The van der Waals surface area contributed by atoms with Crippen LogP contribution in [0.2, 0.25) is 0 Å². The molecule has 2 aliphatic rings. The first-order chi connectivity index (χ1) is 20.2. The van der Waals surface area contributed by atoms with Crippen molar-refractivity contribution in [2.24, 2.45) is 0 Å². The molecule has 218 valence electrons. The van der Waals surface area contributed by atoms with Gasteiger partial charge >= 0.3 is 0 Å². The fraction of sp³-hybridized carbons (Fsp3) is 0.370.